The molecule has 0 spiro atoms. The zero-order valence-corrected chi connectivity index (χ0v) is 19.5. The normalized spacial score (nSPS) is 11.4. The number of fused-ring (bicyclic) bond motifs is 5. The van der Waals surface area contributed by atoms with Crippen molar-refractivity contribution in [3.63, 3.8) is 0 Å². The first-order chi connectivity index (χ1) is 16.6. The second-order valence-electron chi connectivity index (χ2n) is 8.76. The molecule has 6 rings (SSSR count). The van der Waals surface area contributed by atoms with Crippen molar-refractivity contribution in [2.24, 2.45) is 0 Å². The third-order valence-corrected chi connectivity index (χ3v) is 6.50. The standard InChI is InChI=1S/C30H25N3O/c1-32(2)23-12-8-20(9-13-23)22-16-17-33-24(18-22)19-27-26-6-4-5-7-28(26)31-29(30(27)33)21-10-14-25(34-3)15-11-21/h4-19H,1-3H3. The Morgan fingerprint density at radius 2 is 1.47 bits per heavy atom. The number of methoxy groups -OCH3 is 1. The smallest absolute Gasteiger partial charge is 0.118 e. The maximum atomic E-state index is 5.37. The lowest BCUT2D eigenvalue weighted by molar-refractivity contribution is 0.415. The second-order valence-corrected chi connectivity index (χ2v) is 8.76. The van der Waals surface area contributed by atoms with Gasteiger partial charge in [-0.05, 0) is 71.8 Å². The Kier molecular flexibility index (Phi) is 4.73. The van der Waals surface area contributed by atoms with Gasteiger partial charge in [0, 0.05) is 47.8 Å². The number of aromatic nitrogens is 2. The number of rotatable bonds is 4. The SMILES string of the molecule is COc1ccc(-c2nc3ccccc3c3cc4cc(-c5ccc(N(C)C)cc5)ccn4c23)cc1. The van der Waals surface area contributed by atoms with Crippen LogP contribution in [-0.2, 0) is 0 Å². The summed E-state index contributed by atoms with van der Waals surface area (Å²) in [5.41, 5.74) is 8.90. The average molecular weight is 444 g/mol. The fraction of sp³-hybridized carbons (Fsp3) is 0.100. The van der Waals surface area contributed by atoms with Crippen LogP contribution in [0.3, 0.4) is 0 Å². The molecule has 0 saturated carbocycles. The number of pyridine rings is 2. The Balaban J connectivity index is 1.59. The molecule has 0 aliphatic heterocycles. The molecule has 0 radical (unpaired) electrons. The summed E-state index contributed by atoms with van der Waals surface area (Å²) in [5.74, 6) is 0.839. The van der Waals surface area contributed by atoms with Gasteiger partial charge in [0.1, 0.15) is 5.75 Å². The number of hydrogen-bond acceptors (Lipinski definition) is 3. The largest absolute Gasteiger partial charge is 0.497 e. The van der Waals surface area contributed by atoms with Crippen LogP contribution in [0.4, 0.5) is 5.69 Å². The molecule has 0 amide bonds. The Morgan fingerprint density at radius 1 is 0.735 bits per heavy atom. The summed E-state index contributed by atoms with van der Waals surface area (Å²) in [6.07, 6.45) is 2.16. The predicted octanol–water partition coefficient (Wildman–Crippen LogP) is 7.05. The minimum Gasteiger partial charge on any atom is -0.497 e. The van der Waals surface area contributed by atoms with Gasteiger partial charge in [-0.15, -0.1) is 0 Å². The number of para-hydroxylation sites is 1. The summed E-state index contributed by atoms with van der Waals surface area (Å²) in [6, 6.07) is 31.9. The quantitative estimate of drug-likeness (QED) is 0.292. The van der Waals surface area contributed by atoms with Crippen LogP contribution in [0.15, 0.2) is 97.2 Å². The Bertz CT molecular complexity index is 1650. The molecule has 6 aromatic rings. The van der Waals surface area contributed by atoms with Crippen LogP contribution in [0, 0.1) is 0 Å². The first-order valence-corrected chi connectivity index (χ1v) is 11.4. The van der Waals surface area contributed by atoms with E-state index in [-0.39, 0.29) is 0 Å². The van der Waals surface area contributed by atoms with Gasteiger partial charge in [-0.2, -0.15) is 0 Å². The maximum Gasteiger partial charge on any atom is 0.118 e. The van der Waals surface area contributed by atoms with Gasteiger partial charge >= 0.3 is 0 Å². The van der Waals surface area contributed by atoms with Crippen molar-refractivity contribution in [1.82, 2.24) is 9.38 Å². The highest BCUT2D eigenvalue weighted by molar-refractivity contribution is 6.12. The minimum absolute atomic E-state index is 0.839. The number of ether oxygens (including phenoxy) is 1. The van der Waals surface area contributed by atoms with Crippen LogP contribution in [0.25, 0.3) is 49.7 Å². The Morgan fingerprint density at radius 3 is 2.21 bits per heavy atom. The lowest BCUT2D eigenvalue weighted by atomic mass is 10.1. The summed E-state index contributed by atoms with van der Waals surface area (Å²) in [7, 11) is 5.81. The van der Waals surface area contributed by atoms with Crippen molar-refractivity contribution >= 4 is 33.0 Å². The molecule has 0 aliphatic carbocycles. The third kappa shape index (κ3) is 3.27. The van der Waals surface area contributed by atoms with Gasteiger partial charge in [0.15, 0.2) is 0 Å². The summed E-state index contributed by atoms with van der Waals surface area (Å²) in [5, 5.41) is 2.37. The van der Waals surface area contributed by atoms with Crippen molar-refractivity contribution in [3.8, 4) is 28.1 Å². The highest BCUT2D eigenvalue weighted by Crippen LogP contribution is 2.36. The molecule has 0 fully saturated rings. The zero-order chi connectivity index (χ0) is 23.2. The van der Waals surface area contributed by atoms with E-state index in [9.17, 15) is 0 Å². The van der Waals surface area contributed by atoms with E-state index in [2.05, 4.69) is 102 Å². The van der Waals surface area contributed by atoms with Gasteiger partial charge in [0.05, 0.1) is 23.8 Å². The fourth-order valence-electron chi connectivity index (χ4n) is 4.68. The maximum absolute atomic E-state index is 5.37. The highest BCUT2D eigenvalue weighted by atomic mass is 16.5. The van der Waals surface area contributed by atoms with Crippen LogP contribution in [-0.4, -0.2) is 30.6 Å². The molecule has 166 valence electrons. The molecule has 34 heavy (non-hydrogen) atoms. The topological polar surface area (TPSA) is 29.8 Å². The minimum atomic E-state index is 0.839. The molecule has 0 saturated heterocycles. The van der Waals surface area contributed by atoms with Gasteiger partial charge in [-0.1, -0.05) is 30.3 Å². The van der Waals surface area contributed by atoms with Crippen LogP contribution < -0.4 is 9.64 Å². The Hall–Kier alpha value is -4.31. The van der Waals surface area contributed by atoms with Crippen LogP contribution in [0.2, 0.25) is 0 Å². The zero-order valence-electron chi connectivity index (χ0n) is 19.5. The van der Waals surface area contributed by atoms with Crippen molar-refractivity contribution in [2.45, 2.75) is 0 Å². The van der Waals surface area contributed by atoms with Crippen LogP contribution in [0.5, 0.6) is 5.75 Å². The summed E-state index contributed by atoms with van der Waals surface area (Å²) < 4.78 is 7.62. The summed E-state index contributed by atoms with van der Waals surface area (Å²) >= 11 is 0. The predicted molar refractivity (Wildman–Crippen MR) is 142 cm³/mol. The van der Waals surface area contributed by atoms with E-state index in [4.69, 9.17) is 9.72 Å². The van der Waals surface area contributed by atoms with E-state index in [1.165, 1.54) is 22.2 Å². The molecule has 0 unspecified atom stereocenters. The van der Waals surface area contributed by atoms with Crippen LogP contribution >= 0.6 is 0 Å². The molecule has 0 aliphatic rings. The van der Waals surface area contributed by atoms with Crippen molar-refractivity contribution < 1.29 is 4.74 Å². The molecule has 3 aromatic carbocycles. The van der Waals surface area contributed by atoms with E-state index >= 15 is 0 Å². The molecule has 3 heterocycles. The fourth-order valence-corrected chi connectivity index (χ4v) is 4.68. The highest BCUT2D eigenvalue weighted by Gasteiger charge is 2.15. The first kappa shape index (κ1) is 20.3. The molecule has 0 bridgehead atoms. The van der Waals surface area contributed by atoms with Crippen molar-refractivity contribution in [2.75, 3.05) is 26.1 Å². The van der Waals surface area contributed by atoms with E-state index in [1.807, 2.05) is 18.2 Å². The van der Waals surface area contributed by atoms with Gasteiger partial charge in [-0.25, -0.2) is 4.98 Å². The molecule has 4 nitrogen and oxygen atoms in total. The summed E-state index contributed by atoms with van der Waals surface area (Å²) in [6.45, 7) is 0. The lowest BCUT2D eigenvalue weighted by Gasteiger charge is -2.13. The number of hydrogen-bond donors (Lipinski definition) is 0. The third-order valence-electron chi connectivity index (χ3n) is 6.50. The van der Waals surface area contributed by atoms with E-state index in [0.29, 0.717) is 0 Å². The molecular weight excluding hydrogens is 418 g/mol. The number of nitrogens with zero attached hydrogens (tertiary/aromatic N) is 3. The average Bonchev–Trinajstić information content (AvgIpc) is 3.27. The van der Waals surface area contributed by atoms with Crippen molar-refractivity contribution in [1.29, 1.82) is 0 Å². The monoisotopic (exact) mass is 443 g/mol. The number of benzene rings is 3. The molecule has 0 atom stereocenters. The van der Waals surface area contributed by atoms with Crippen LogP contribution in [0.1, 0.15) is 0 Å². The molecule has 3 aromatic heterocycles. The molecule has 0 N–H and O–H groups in total. The van der Waals surface area contributed by atoms with E-state index in [0.717, 1.165) is 38.9 Å². The molecular formula is C30H25N3O. The van der Waals surface area contributed by atoms with E-state index < -0.39 is 0 Å². The first-order valence-electron chi connectivity index (χ1n) is 11.4. The Labute approximate surface area is 198 Å². The van der Waals surface area contributed by atoms with Gasteiger partial charge in [0.25, 0.3) is 0 Å². The van der Waals surface area contributed by atoms with Gasteiger partial charge in [0.2, 0.25) is 0 Å². The van der Waals surface area contributed by atoms with Gasteiger partial charge in [-0.3, -0.25) is 0 Å². The second kappa shape index (κ2) is 7.92. The van der Waals surface area contributed by atoms with Crippen molar-refractivity contribution in [3.05, 3.63) is 97.2 Å². The summed E-state index contributed by atoms with van der Waals surface area (Å²) in [4.78, 5) is 7.21. The van der Waals surface area contributed by atoms with E-state index in [1.54, 1.807) is 7.11 Å². The lowest BCUT2D eigenvalue weighted by Crippen LogP contribution is -2.07. The van der Waals surface area contributed by atoms with Gasteiger partial charge < -0.3 is 14.0 Å². The number of anilines is 1. The molecule has 4 heteroatoms.